The molecule has 0 aliphatic carbocycles. The van der Waals surface area contributed by atoms with Gasteiger partial charge in [-0.05, 0) is 0 Å². The summed E-state index contributed by atoms with van der Waals surface area (Å²) in [5.74, 6) is -0.400. The first-order valence-electron chi connectivity index (χ1n) is 15.6. The number of hydrogen-bond acceptors (Lipinski definition) is 27. The summed E-state index contributed by atoms with van der Waals surface area (Å²) < 4.78 is 79.5. The molecular formula is C23H32N8O22P4-4. The van der Waals surface area contributed by atoms with Crippen molar-refractivity contribution in [3.05, 3.63) is 49.0 Å². The van der Waals surface area contributed by atoms with E-state index in [0.29, 0.717) is 4.57 Å². The van der Waals surface area contributed by atoms with Crippen LogP contribution >= 0.6 is 31.3 Å². The van der Waals surface area contributed by atoms with Crippen LogP contribution in [0.15, 0.2) is 26.7 Å². The predicted molar refractivity (Wildman–Crippen MR) is 177 cm³/mol. The van der Waals surface area contributed by atoms with Gasteiger partial charge in [0.05, 0.1) is 25.4 Å². The molecule has 5 heterocycles. The number of aliphatic hydroxyl groups excluding tert-OH is 4. The normalized spacial score (nSPS) is 30.6. The van der Waals surface area contributed by atoms with Crippen molar-refractivity contribution >= 4 is 54.8 Å². The van der Waals surface area contributed by atoms with Crippen LogP contribution in [-0.4, -0.2) is 116 Å². The molecule has 0 saturated carbocycles. The maximum Gasteiger partial charge on any atom is 0.330 e. The van der Waals surface area contributed by atoms with E-state index in [1.54, 1.807) is 0 Å². The van der Waals surface area contributed by atoms with E-state index in [1.807, 2.05) is 4.98 Å². The fourth-order valence-electron chi connectivity index (χ4n) is 5.58. The average molecular weight is 896 g/mol. The molecule has 0 amide bonds. The van der Waals surface area contributed by atoms with Gasteiger partial charge in [-0.15, -0.1) is 0 Å². The van der Waals surface area contributed by atoms with Crippen molar-refractivity contribution in [3.63, 3.8) is 0 Å². The summed E-state index contributed by atoms with van der Waals surface area (Å²) in [6.07, 6.45) is -11.2. The molecule has 0 radical (unpaired) electrons. The van der Waals surface area contributed by atoms with Gasteiger partial charge in [-0.2, -0.15) is 4.98 Å². The SMILES string of the molecule is CN1CN([C@@H]2O[C@H](COP(=O)([O-])OP(=O)([O-])OP(=O)([O-])OP(=O)([O-])OC[C@H]3O[C@@H](n4cc(/C=C/CN)c(=O)[nH]c4=O)C(O)[C@H]3O)C(O)C2O)c2nc(N)[nH]c(=O)c21. The van der Waals surface area contributed by atoms with Gasteiger partial charge >= 0.3 is 5.69 Å². The number of phosphoric acid groups is 4. The summed E-state index contributed by atoms with van der Waals surface area (Å²) >= 11 is 0. The summed E-state index contributed by atoms with van der Waals surface area (Å²) in [5, 5.41) is 41.8. The number of nitrogens with one attached hydrogen (secondary N) is 2. The average Bonchev–Trinajstić information content (AvgIpc) is 3.66. The van der Waals surface area contributed by atoms with Crippen LogP contribution in [0.5, 0.6) is 0 Å². The van der Waals surface area contributed by atoms with Crippen molar-refractivity contribution < 1.29 is 89.7 Å². The molecule has 3 aliphatic heterocycles. The molecule has 3 aliphatic rings. The maximum atomic E-state index is 12.3. The molecule has 2 fully saturated rings. The summed E-state index contributed by atoms with van der Waals surface area (Å²) in [6.45, 7) is -2.78. The molecule has 320 valence electrons. The molecule has 30 nitrogen and oxygen atoms in total. The fourth-order valence-corrected chi connectivity index (χ4v) is 10.3. The Kier molecular flexibility index (Phi) is 13.4. The molecule has 7 unspecified atom stereocenters. The number of H-pyrrole nitrogens is 2. The molecule has 34 heteroatoms. The van der Waals surface area contributed by atoms with Crippen LogP contribution in [0.3, 0.4) is 0 Å². The zero-order valence-corrected chi connectivity index (χ0v) is 32.1. The van der Waals surface area contributed by atoms with Crippen LogP contribution in [0.4, 0.5) is 17.5 Å². The second-order valence-electron chi connectivity index (χ2n) is 12.0. The van der Waals surface area contributed by atoms with Gasteiger partial charge in [-0.3, -0.25) is 42.4 Å². The third-order valence-electron chi connectivity index (χ3n) is 7.99. The number of aliphatic hydroxyl groups is 4. The zero-order valence-electron chi connectivity index (χ0n) is 28.5. The first kappa shape index (κ1) is 45.1. The molecule has 5 rings (SSSR count). The molecule has 10 N–H and O–H groups in total. The Morgan fingerprint density at radius 1 is 0.842 bits per heavy atom. The van der Waals surface area contributed by atoms with E-state index in [4.69, 9.17) is 20.9 Å². The Hall–Kier alpha value is -3.02. The second kappa shape index (κ2) is 16.9. The van der Waals surface area contributed by atoms with Gasteiger partial charge in [0.1, 0.15) is 42.3 Å². The number of hydrogen-bond donors (Lipinski definition) is 8. The number of phosphoric ester groups is 2. The van der Waals surface area contributed by atoms with Crippen molar-refractivity contribution in [2.24, 2.45) is 5.73 Å². The highest BCUT2D eigenvalue weighted by molar-refractivity contribution is 7.68. The number of rotatable bonds is 16. The van der Waals surface area contributed by atoms with E-state index in [0.717, 1.165) is 6.20 Å². The number of nitrogen functional groups attached to an aromatic ring is 1. The molecule has 2 saturated heterocycles. The molecule has 0 bridgehead atoms. The monoisotopic (exact) mass is 896 g/mol. The van der Waals surface area contributed by atoms with Crippen molar-refractivity contribution in [2.45, 2.75) is 49.1 Å². The number of nitrogens with two attached hydrogens (primary N) is 2. The minimum Gasteiger partial charge on any atom is -0.756 e. The van der Waals surface area contributed by atoms with Gasteiger partial charge in [-0.1, -0.05) is 12.2 Å². The predicted octanol–water partition coefficient (Wildman–Crippen LogP) is -6.89. The Morgan fingerprint density at radius 2 is 1.35 bits per heavy atom. The van der Waals surface area contributed by atoms with Crippen LogP contribution in [0.1, 0.15) is 11.8 Å². The third-order valence-corrected chi connectivity index (χ3v) is 13.7. The second-order valence-corrected chi connectivity index (χ2v) is 18.1. The van der Waals surface area contributed by atoms with E-state index >= 15 is 0 Å². The highest BCUT2D eigenvalue weighted by Gasteiger charge is 2.49. The Morgan fingerprint density at radius 3 is 1.89 bits per heavy atom. The molecule has 2 aromatic heterocycles. The lowest BCUT2D eigenvalue weighted by molar-refractivity contribution is -0.255. The van der Waals surface area contributed by atoms with Crippen molar-refractivity contribution in [1.82, 2.24) is 19.5 Å². The smallest absolute Gasteiger partial charge is 0.330 e. The molecule has 2 aromatic rings. The van der Waals surface area contributed by atoms with E-state index in [2.05, 4.69) is 31.9 Å². The quantitative estimate of drug-likeness (QED) is 0.0726. The van der Waals surface area contributed by atoms with Gasteiger partial charge in [-0.25, -0.2) is 17.7 Å². The standard InChI is InChI=1S/C23H36N8O22P4/c1-29-8-31(17-12(29)19(37)27-22(25)26-17)21-16(35)14(33)11(50-21)7-48-55(41,42)52-57(45,46)53-56(43,44)51-54(39,40)47-6-10-13(32)15(34)20(49-10)30-5-9(3-2-4-24)18(36)28-23(30)38/h2-3,5,10-11,13-16,20-21,32-35H,4,6-8,24H2,1H3,(H,39,40)(H,41,42)(H,43,44)(H,45,46)(H,28,36,38)(H3,25,26,27,37)/p-4/b3-2+/t10-,11-,13+,14?,15?,16?,20-,21-/m1/s1. The highest BCUT2D eigenvalue weighted by Crippen LogP contribution is 2.67. The van der Waals surface area contributed by atoms with E-state index in [-0.39, 0.29) is 36.2 Å². The van der Waals surface area contributed by atoms with E-state index in [1.165, 1.54) is 29.0 Å². The van der Waals surface area contributed by atoms with Crippen molar-refractivity contribution in [1.29, 1.82) is 0 Å². The van der Waals surface area contributed by atoms with Gasteiger partial charge in [0.15, 0.2) is 18.3 Å². The van der Waals surface area contributed by atoms with E-state index < -0.39 is 110 Å². The van der Waals surface area contributed by atoms with Crippen LogP contribution in [0, 0.1) is 0 Å². The molecule has 0 spiro atoms. The Bertz CT molecular complexity index is 2240. The Balaban J connectivity index is 1.15. The summed E-state index contributed by atoms with van der Waals surface area (Å²) in [4.78, 5) is 96.2. The van der Waals surface area contributed by atoms with Crippen LogP contribution in [-0.2, 0) is 49.7 Å². The lowest BCUT2D eigenvalue weighted by atomic mass is 10.1. The summed E-state index contributed by atoms with van der Waals surface area (Å²) in [6, 6.07) is 0. The maximum absolute atomic E-state index is 12.3. The van der Waals surface area contributed by atoms with Gasteiger partial charge < -0.3 is 79.8 Å². The minimum absolute atomic E-state index is 0.00143. The van der Waals surface area contributed by atoms with Crippen molar-refractivity contribution in [2.75, 3.05) is 49.0 Å². The molecular weight excluding hydrogens is 864 g/mol. The number of ether oxygens (including phenoxy) is 2. The fraction of sp³-hybridized carbons (Fsp3) is 0.565. The van der Waals surface area contributed by atoms with Gasteiger partial charge in [0, 0.05) is 19.8 Å². The first-order valence-corrected chi connectivity index (χ1v) is 21.5. The number of anilines is 3. The largest absolute Gasteiger partial charge is 0.756 e. The molecule has 57 heavy (non-hydrogen) atoms. The topological polar surface area (TPSA) is 465 Å². The first-order chi connectivity index (χ1) is 26.3. The van der Waals surface area contributed by atoms with E-state index in [9.17, 15) is 72.6 Å². The lowest BCUT2D eigenvalue weighted by Crippen LogP contribution is -2.45. The minimum atomic E-state index is -6.67. The van der Waals surface area contributed by atoms with Crippen LogP contribution < -0.4 is 57.6 Å². The Labute approximate surface area is 316 Å². The zero-order chi connectivity index (χ0) is 42.4. The summed E-state index contributed by atoms with van der Waals surface area (Å²) in [7, 11) is -24.3. The lowest BCUT2D eigenvalue weighted by Gasteiger charge is -2.36. The van der Waals surface area contributed by atoms with Gasteiger partial charge in [0.2, 0.25) is 5.95 Å². The molecule has 0 aromatic carbocycles. The van der Waals surface area contributed by atoms with Crippen LogP contribution in [0.25, 0.3) is 6.08 Å². The number of fused-ring (bicyclic) bond motifs is 1. The molecule has 12 atom stereocenters. The van der Waals surface area contributed by atoms with Crippen molar-refractivity contribution in [3.8, 4) is 0 Å². The third kappa shape index (κ3) is 10.4. The van der Waals surface area contributed by atoms with Crippen LogP contribution in [0.2, 0.25) is 0 Å². The number of aromatic nitrogens is 4. The van der Waals surface area contributed by atoms with Gasteiger partial charge in [0.25, 0.3) is 42.4 Å². The highest BCUT2D eigenvalue weighted by atomic mass is 31.3. The summed E-state index contributed by atoms with van der Waals surface area (Å²) in [5.41, 5.74) is 8.11. The number of aromatic amines is 2. The number of nitrogens with zero attached hydrogens (tertiary/aromatic N) is 4.